The summed E-state index contributed by atoms with van der Waals surface area (Å²) in [5.74, 6) is 0.442. The minimum atomic E-state index is -0.115. The Morgan fingerprint density at radius 2 is 2.17 bits per heavy atom. The Balaban J connectivity index is 2.97. The maximum absolute atomic E-state index is 7.15. The highest BCUT2D eigenvalue weighted by atomic mass is 16.5. The zero-order valence-corrected chi connectivity index (χ0v) is 6.83. The van der Waals surface area contributed by atoms with Gasteiger partial charge in [-0.3, -0.25) is 0 Å². The zero-order chi connectivity index (χ0) is 8.72. The van der Waals surface area contributed by atoms with Gasteiger partial charge in [-0.25, -0.2) is 10.4 Å². The van der Waals surface area contributed by atoms with E-state index in [1.165, 1.54) is 4.57 Å². The van der Waals surface area contributed by atoms with Crippen molar-refractivity contribution in [3.63, 3.8) is 0 Å². The lowest BCUT2D eigenvalue weighted by Gasteiger charge is -1.96. The normalized spacial score (nSPS) is 10.8. The van der Waals surface area contributed by atoms with Crippen molar-refractivity contribution in [2.24, 2.45) is 0 Å². The fourth-order valence-corrected chi connectivity index (χ4v) is 1.14. The minimum absolute atomic E-state index is 0.115. The molecule has 0 saturated heterocycles. The van der Waals surface area contributed by atoms with Gasteiger partial charge >= 0.3 is 5.68 Å². The summed E-state index contributed by atoms with van der Waals surface area (Å²) < 4.78 is 6.40. The van der Waals surface area contributed by atoms with Gasteiger partial charge < -0.3 is 4.52 Å². The zero-order valence-electron chi connectivity index (χ0n) is 6.83. The van der Waals surface area contributed by atoms with Crippen LogP contribution >= 0.6 is 0 Å². The van der Waals surface area contributed by atoms with Gasteiger partial charge in [-0.1, -0.05) is 0 Å². The summed E-state index contributed by atoms with van der Waals surface area (Å²) in [6.07, 6.45) is 0. The molecule has 0 spiro atoms. The fourth-order valence-electron chi connectivity index (χ4n) is 1.14. The monoisotopic (exact) mass is 164 g/mol. The van der Waals surface area contributed by atoms with Crippen LogP contribution in [0.2, 0.25) is 0 Å². The van der Waals surface area contributed by atoms with Crippen molar-refractivity contribution in [3.05, 3.63) is 23.1 Å². The molecule has 0 unspecified atom stereocenters. The van der Waals surface area contributed by atoms with E-state index in [-0.39, 0.29) is 5.68 Å². The van der Waals surface area contributed by atoms with Crippen molar-refractivity contribution < 1.29 is 4.52 Å². The lowest BCUT2D eigenvalue weighted by molar-refractivity contribution is 0.322. The van der Waals surface area contributed by atoms with Crippen LogP contribution in [0.25, 0.3) is 5.78 Å². The fraction of sp³-hybridized carbons (Fsp3) is 0.286. The van der Waals surface area contributed by atoms with Gasteiger partial charge in [0.15, 0.2) is 0 Å². The Morgan fingerprint density at radius 3 is 2.92 bits per heavy atom. The van der Waals surface area contributed by atoms with Gasteiger partial charge in [-0.2, -0.15) is 4.98 Å². The van der Waals surface area contributed by atoms with Gasteiger partial charge in [0.1, 0.15) is 0 Å². The maximum Gasteiger partial charge on any atom is 0.339 e. The van der Waals surface area contributed by atoms with Gasteiger partial charge in [0, 0.05) is 5.69 Å². The number of fused-ring (bicyclic) bond motifs is 1. The summed E-state index contributed by atoms with van der Waals surface area (Å²) in [5, 5.41) is 7.15. The van der Waals surface area contributed by atoms with E-state index in [1.807, 2.05) is 19.9 Å². The summed E-state index contributed by atoms with van der Waals surface area (Å²) in [7, 11) is 0. The van der Waals surface area contributed by atoms with E-state index >= 15 is 0 Å². The third-order valence-electron chi connectivity index (χ3n) is 1.58. The topological polar surface area (TPSA) is 67.2 Å². The van der Waals surface area contributed by atoms with Crippen molar-refractivity contribution in [2.75, 3.05) is 0 Å². The summed E-state index contributed by atoms with van der Waals surface area (Å²) in [6.45, 7) is 3.76. The highest BCUT2D eigenvalue weighted by Gasteiger charge is 2.02. The van der Waals surface area contributed by atoms with Crippen molar-refractivity contribution in [3.8, 4) is 0 Å². The van der Waals surface area contributed by atoms with Crippen LogP contribution in [0.5, 0.6) is 0 Å². The lowest BCUT2D eigenvalue weighted by Crippen LogP contribution is -1.94. The van der Waals surface area contributed by atoms with E-state index in [0.717, 1.165) is 11.4 Å². The average Bonchev–Trinajstić information content (AvgIpc) is 2.29. The summed E-state index contributed by atoms with van der Waals surface area (Å²) >= 11 is 0. The van der Waals surface area contributed by atoms with Crippen LogP contribution in [0.4, 0.5) is 0 Å². The number of nitrogens with one attached hydrogen (secondary N) is 1. The standard InChI is InChI=1S/C7H8N4O/c1-4-3-5(2)11-7(9-4)10-6(8)12-11/h3,8H,1-2H3. The average molecular weight is 164 g/mol. The summed E-state index contributed by atoms with van der Waals surface area (Å²) in [4.78, 5) is 7.88. The molecule has 0 aromatic carbocycles. The van der Waals surface area contributed by atoms with Gasteiger partial charge in [0.25, 0.3) is 5.78 Å². The van der Waals surface area contributed by atoms with Gasteiger partial charge in [0.2, 0.25) is 0 Å². The third kappa shape index (κ3) is 0.903. The molecule has 0 saturated carbocycles. The number of rotatable bonds is 0. The second-order valence-electron chi connectivity index (χ2n) is 2.64. The third-order valence-corrected chi connectivity index (χ3v) is 1.58. The Bertz CT molecular complexity index is 482. The van der Waals surface area contributed by atoms with E-state index in [9.17, 15) is 0 Å². The van der Waals surface area contributed by atoms with Crippen LogP contribution in [-0.2, 0) is 0 Å². The highest BCUT2D eigenvalue weighted by molar-refractivity contribution is 5.27. The number of nitrogens with zero attached hydrogens (tertiary/aromatic N) is 3. The van der Waals surface area contributed by atoms with Gasteiger partial charge in [-0.15, -0.1) is 4.57 Å². The molecule has 2 aromatic rings. The van der Waals surface area contributed by atoms with Crippen LogP contribution in [0.3, 0.4) is 0 Å². The van der Waals surface area contributed by atoms with E-state index in [1.54, 1.807) is 0 Å². The van der Waals surface area contributed by atoms with Crippen molar-refractivity contribution >= 4 is 5.78 Å². The first kappa shape index (κ1) is 7.02. The predicted octanol–water partition coefficient (Wildman–Crippen LogP) is 0.419. The van der Waals surface area contributed by atoms with Crippen LogP contribution in [0.1, 0.15) is 11.4 Å². The van der Waals surface area contributed by atoms with Gasteiger partial charge in [0.05, 0.1) is 5.69 Å². The van der Waals surface area contributed by atoms with E-state index in [0.29, 0.717) is 5.78 Å². The summed E-state index contributed by atoms with van der Waals surface area (Å²) in [6, 6.07) is 1.87. The molecule has 0 radical (unpaired) electrons. The van der Waals surface area contributed by atoms with Crippen LogP contribution in [0.15, 0.2) is 10.6 Å². The molecule has 12 heavy (non-hydrogen) atoms. The summed E-state index contributed by atoms with van der Waals surface area (Å²) in [5.41, 5.74) is 1.65. The van der Waals surface area contributed by atoms with Crippen molar-refractivity contribution in [2.45, 2.75) is 13.8 Å². The molecule has 0 atom stereocenters. The number of hydrogen-bond donors (Lipinski definition) is 1. The molecule has 1 N–H and O–H groups in total. The Hall–Kier alpha value is -1.65. The van der Waals surface area contributed by atoms with E-state index in [4.69, 9.17) is 9.93 Å². The smallest absolute Gasteiger partial charge is 0.330 e. The van der Waals surface area contributed by atoms with Gasteiger partial charge in [-0.05, 0) is 19.9 Å². The Kier molecular flexibility index (Phi) is 1.27. The second-order valence-corrected chi connectivity index (χ2v) is 2.64. The van der Waals surface area contributed by atoms with E-state index < -0.39 is 0 Å². The molecule has 0 fully saturated rings. The Labute approximate surface area is 68.2 Å². The molecule has 0 aliphatic rings. The minimum Gasteiger partial charge on any atom is -0.330 e. The van der Waals surface area contributed by atoms with Crippen LogP contribution < -0.4 is 5.68 Å². The molecule has 2 rings (SSSR count). The number of aromatic nitrogens is 3. The number of aryl methyl sites for hydroxylation is 2. The van der Waals surface area contributed by atoms with Crippen LogP contribution in [0, 0.1) is 19.3 Å². The Morgan fingerprint density at radius 1 is 1.42 bits per heavy atom. The molecule has 0 aliphatic heterocycles. The molecule has 2 heterocycles. The predicted molar refractivity (Wildman–Crippen MR) is 40.6 cm³/mol. The number of hydrogen-bond acceptors (Lipinski definition) is 4. The molecule has 5 nitrogen and oxygen atoms in total. The largest absolute Gasteiger partial charge is 0.339 e. The first-order valence-electron chi connectivity index (χ1n) is 3.56. The maximum atomic E-state index is 7.15. The molecule has 2 aromatic heterocycles. The second kappa shape index (κ2) is 2.17. The molecular weight excluding hydrogens is 156 g/mol. The quantitative estimate of drug-likeness (QED) is 0.613. The molecular formula is C7H8N4O. The highest BCUT2D eigenvalue weighted by Crippen LogP contribution is 2.02. The first-order valence-corrected chi connectivity index (χ1v) is 3.56. The SMILES string of the molecule is Cc1cc(C)n2oc(=N)nc2n1. The first-order chi connectivity index (χ1) is 5.66. The lowest BCUT2D eigenvalue weighted by atomic mass is 10.4. The molecule has 0 amide bonds. The van der Waals surface area contributed by atoms with E-state index in [2.05, 4.69) is 9.97 Å². The van der Waals surface area contributed by atoms with Crippen molar-refractivity contribution in [1.82, 2.24) is 14.5 Å². The van der Waals surface area contributed by atoms with Crippen LogP contribution in [-0.4, -0.2) is 14.5 Å². The molecule has 0 aliphatic carbocycles. The molecule has 0 bridgehead atoms. The van der Waals surface area contributed by atoms with Crippen molar-refractivity contribution in [1.29, 1.82) is 5.41 Å². The molecule has 5 heteroatoms. The molecule has 62 valence electrons.